The Morgan fingerprint density at radius 2 is 1.92 bits per heavy atom. The molecule has 12 heteroatoms. The van der Waals surface area contributed by atoms with Gasteiger partial charge in [-0.2, -0.15) is 0 Å². The van der Waals surface area contributed by atoms with Crippen LogP contribution in [-0.4, -0.2) is 30.5 Å². The van der Waals surface area contributed by atoms with Crippen LogP contribution in [0.3, 0.4) is 0 Å². The molecule has 0 radical (unpaired) electrons. The molecule has 1 aliphatic rings. The molecule has 1 saturated carbocycles. The van der Waals surface area contributed by atoms with Crippen molar-refractivity contribution in [3.63, 3.8) is 0 Å². The normalized spacial score (nSPS) is 13.7. The van der Waals surface area contributed by atoms with Crippen LogP contribution < -0.4 is 20.5 Å². The van der Waals surface area contributed by atoms with Gasteiger partial charge in [-0.05, 0) is 49.9 Å². The largest absolute Gasteiger partial charge is 0.489 e. The van der Waals surface area contributed by atoms with Crippen LogP contribution in [0.5, 0.6) is 11.5 Å². The van der Waals surface area contributed by atoms with Crippen molar-refractivity contribution in [2.24, 2.45) is 11.7 Å². The van der Waals surface area contributed by atoms with Gasteiger partial charge in [0.15, 0.2) is 23.0 Å². The summed E-state index contributed by atoms with van der Waals surface area (Å²) >= 11 is 0. The van der Waals surface area contributed by atoms with Gasteiger partial charge in [0.25, 0.3) is 12.3 Å². The van der Waals surface area contributed by atoms with Crippen LogP contribution in [0.2, 0.25) is 0 Å². The van der Waals surface area contributed by atoms with E-state index < -0.39 is 36.6 Å². The Bertz CT molecular complexity index is 1230. The SMILES string of the molecule is C[C@H](N)c1oc(-c2ccc(OCC(F)F)c(OCC3CC3)c2)nc1C(=O)NCc1ccc(F)cc1F.Cl. The highest BCUT2D eigenvalue weighted by atomic mass is 35.5. The van der Waals surface area contributed by atoms with Gasteiger partial charge in [-0.1, -0.05) is 6.07 Å². The van der Waals surface area contributed by atoms with E-state index in [1.54, 1.807) is 6.92 Å². The Hall–Kier alpha value is -3.31. The lowest BCUT2D eigenvalue weighted by Crippen LogP contribution is -2.25. The monoisotopic (exact) mass is 543 g/mol. The van der Waals surface area contributed by atoms with Crippen LogP contribution in [0, 0.1) is 17.6 Å². The number of oxazole rings is 1. The van der Waals surface area contributed by atoms with Gasteiger partial charge in [-0.15, -0.1) is 12.4 Å². The molecule has 3 aromatic rings. The fraction of sp³-hybridized carbons (Fsp3) is 0.360. The van der Waals surface area contributed by atoms with Gasteiger partial charge in [0.2, 0.25) is 5.89 Å². The van der Waals surface area contributed by atoms with Crippen molar-refractivity contribution in [2.45, 2.75) is 38.8 Å². The van der Waals surface area contributed by atoms with Crippen LogP contribution in [0.4, 0.5) is 17.6 Å². The number of rotatable bonds is 11. The van der Waals surface area contributed by atoms with Crippen LogP contribution >= 0.6 is 12.4 Å². The summed E-state index contributed by atoms with van der Waals surface area (Å²) in [4.78, 5) is 17.1. The van der Waals surface area contributed by atoms with E-state index in [9.17, 15) is 22.4 Å². The fourth-order valence-corrected chi connectivity index (χ4v) is 3.37. The van der Waals surface area contributed by atoms with Crippen LogP contribution in [0.25, 0.3) is 11.5 Å². The molecular formula is C25H26ClF4N3O4. The average molecular weight is 544 g/mol. The Kier molecular flexibility index (Phi) is 9.39. The predicted octanol–water partition coefficient (Wildman–Crippen LogP) is 5.42. The minimum atomic E-state index is -2.65. The van der Waals surface area contributed by atoms with Gasteiger partial charge in [-0.3, -0.25) is 4.79 Å². The Morgan fingerprint density at radius 1 is 1.16 bits per heavy atom. The number of alkyl halides is 2. The Balaban J connectivity index is 0.00000380. The maximum absolute atomic E-state index is 13.9. The van der Waals surface area contributed by atoms with Gasteiger partial charge in [-0.25, -0.2) is 22.5 Å². The zero-order valence-electron chi connectivity index (χ0n) is 19.8. The summed E-state index contributed by atoms with van der Waals surface area (Å²) in [5.41, 5.74) is 6.38. The molecule has 0 spiro atoms. The van der Waals surface area contributed by atoms with Crippen molar-refractivity contribution < 1.29 is 36.2 Å². The average Bonchev–Trinajstić information content (AvgIpc) is 3.55. The number of nitrogens with two attached hydrogens (primary N) is 1. The number of amides is 1. The summed E-state index contributed by atoms with van der Waals surface area (Å²) in [5, 5.41) is 2.53. The molecule has 3 N–H and O–H groups in total. The zero-order chi connectivity index (χ0) is 25.8. The number of ether oxygens (including phenoxy) is 2. The number of hydrogen-bond donors (Lipinski definition) is 2. The minimum Gasteiger partial charge on any atom is -0.489 e. The first-order chi connectivity index (χ1) is 17.2. The Labute approximate surface area is 216 Å². The third kappa shape index (κ3) is 7.36. The number of aromatic nitrogens is 1. The van der Waals surface area contributed by atoms with Crippen LogP contribution in [0.15, 0.2) is 40.8 Å². The van der Waals surface area contributed by atoms with Gasteiger partial charge >= 0.3 is 0 Å². The molecule has 0 saturated heterocycles. The number of hydrogen-bond acceptors (Lipinski definition) is 6. The van der Waals surface area contributed by atoms with E-state index in [2.05, 4.69) is 10.3 Å². The molecule has 1 aromatic heterocycles. The number of halogens is 5. The summed E-state index contributed by atoms with van der Waals surface area (Å²) in [6.07, 6.45) is -0.583. The van der Waals surface area contributed by atoms with Gasteiger partial charge in [0.05, 0.1) is 12.6 Å². The van der Waals surface area contributed by atoms with E-state index in [0.29, 0.717) is 18.1 Å². The second-order valence-electron chi connectivity index (χ2n) is 8.56. The maximum Gasteiger partial charge on any atom is 0.273 e. The highest BCUT2D eigenvalue weighted by Crippen LogP contribution is 2.36. The second kappa shape index (κ2) is 12.3. The molecule has 7 nitrogen and oxygen atoms in total. The molecule has 0 aliphatic heterocycles. The lowest BCUT2D eigenvalue weighted by atomic mass is 10.2. The van der Waals surface area contributed by atoms with Crippen LogP contribution in [-0.2, 0) is 6.54 Å². The molecule has 0 bridgehead atoms. The predicted molar refractivity (Wildman–Crippen MR) is 129 cm³/mol. The number of nitrogens with zero attached hydrogens (tertiary/aromatic N) is 1. The number of benzene rings is 2. The van der Waals surface area contributed by atoms with E-state index in [1.807, 2.05) is 0 Å². The third-order valence-electron chi connectivity index (χ3n) is 5.46. The first kappa shape index (κ1) is 28.3. The highest BCUT2D eigenvalue weighted by molar-refractivity contribution is 5.94. The number of nitrogens with one attached hydrogen (secondary N) is 1. The quantitative estimate of drug-likeness (QED) is 0.313. The lowest BCUT2D eigenvalue weighted by molar-refractivity contribution is 0.0798. The van der Waals surface area contributed by atoms with Gasteiger partial charge < -0.3 is 24.9 Å². The molecule has 1 aliphatic carbocycles. The van der Waals surface area contributed by atoms with Crippen LogP contribution in [0.1, 0.15) is 47.6 Å². The number of carbonyl (C=O) groups is 1. The molecule has 1 atom stereocenters. The number of carbonyl (C=O) groups excluding carboxylic acids is 1. The first-order valence-electron chi connectivity index (χ1n) is 11.4. The van der Waals surface area contributed by atoms with Gasteiger partial charge in [0.1, 0.15) is 18.2 Å². The smallest absolute Gasteiger partial charge is 0.273 e. The van der Waals surface area contributed by atoms with E-state index >= 15 is 0 Å². The summed E-state index contributed by atoms with van der Waals surface area (Å²) in [6, 6.07) is 6.88. The van der Waals surface area contributed by atoms with E-state index in [1.165, 1.54) is 24.3 Å². The standard InChI is InChI=1S/C25H25F4N3O4.ClH/c1-13(30)23-22(24(33)31-10-16-4-6-17(26)9-18(16)27)32-25(36-23)15-5-7-19(35-12-21(28)29)20(8-15)34-11-14-2-3-14;/h4-9,13-14,21H,2-3,10-12,30H2,1H3,(H,31,33);1H/t13-;/m0./s1. The molecule has 200 valence electrons. The minimum absolute atomic E-state index is 0. The van der Waals surface area contributed by atoms with Crippen molar-refractivity contribution in [3.8, 4) is 23.0 Å². The molecule has 1 amide bonds. The Morgan fingerprint density at radius 3 is 2.57 bits per heavy atom. The topological polar surface area (TPSA) is 99.6 Å². The fourth-order valence-electron chi connectivity index (χ4n) is 3.37. The van der Waals surface area contributed by atoms with Gasteiger partial charge in [0, 0.05) is 23.7 Å². The molecular weight excluding hydrogens is 518 g/mol. The van der Waals surface area contributed by atoms with Crippen molar-refractivity contribution in [1.82, 2.24) is 10.3 Å². The van der Waals surface area contributed by atoms with E-state index in [4.69, 9.17) is 19.6 Å². The molecule has 1 heterocycles. The molecule has 0 unspecified atom stereocenters. The summed E-state index contributed by atoms with van der Waals surface area (Å²) in [7, 11) is 0. The third-order valence-corrected chi connectivity index (χ3v) is 5.46. The molecule has 37 heavy (non-hydrogen) atoms. The first-order valence-corrected chi connectivity index (χ1v) is 11.4. The maximum atomic E-state index is 13.9. The second-order valence-corrected chi connectivity index (χ2v) is 8.56. The van der Waals surface area contributed by atoms with E-state index in [-0.39, 0.29) is 53.4 Å². The summed E-state index contributed by atoms with van der Waals surface area (Å²) in [5.74, 6) is -1.23. The van der Waals surface area contributed by atoms with Crippen molar-refractivity contribution in [2.75, 3.05) is 13.2 Å². The highest BCUT2D eigenvalue weighted by Gasteiger charge is 2.26. The lowest BCUT2D eigenvalue weighted by Gasteiger charge is -2.13. The van der Waals surface area contributed by atoms with Crippen molar-refractivity contribution in [3.05, 3.63) is 65.1 Å². The zero-order valence-corrected chi connectivity index (χ0v) is 20.6. The summed E-state index contributed by atoms with van der Waals surface area (Å²) < 4.78 is 69.1. The van der Waals surface area contributed by atoms with E-state index in [0.717, 1.165) is 25.0 Å². The molecule has 1 fully saturated rings. The van der Waals surface area contributed by atoms with Crippen molar-refractivity contribution >= 4 is 18.3 Å². The molecule has 2 aromatic carbocycles. The molecule has 4 rings (SSSR count). The van der Waals surface area contributed by atoms with Crippen molar-refractivity contribution in [1.29, 1.82) is 0 Å². The summed E-state index contributed by atoms with van der Waals surface area (Å²) in [6.45, 7) is 1.03.